The zero-order valence-corrected chi connectivity index (χ0v) is 8.94. The summed E-state index contributed by atoms with van der Waals surface area (Å²) in [5, 5.41) is 0. The summed E-state index contributed by atoms with van der Waals surface area (Å²) in [5.74, 6) is 0. The van der Waals surface area contributed by atoms with E-state index in [0.29, 0.717) is 6.10 Å². The van der Waals surface area contributed by atoms with Gasteiger partial charge in [-0.25, -0.2) is 0 Å². The average molecular weight is 172 g/mol. The minimum atomic E-state index is 0.520. The van der Waals surface area contributed by atoms with E-state index < -0.39 is 0 Å². The van der Waals surface area contributed by atoms with E-state index >= 15 is 0 Å². The van der Waals surface area contributed by atoms with Crippen molar-refractivity contribution >= 4 is 0 Å². The van der Waals surface area contributed by atoms with Gasteiger partial charge in [-0.15, -0.1) is 0 Å². The zero-order chi connectivity index (χ0) is 9.23. The van der Waals surface area contributed by atoms with Crippen molar-refractivity contribution in [1.29, 1.82) is 0 Å². The van der Waals surface area contributed by atoms with Crippen molar-refractivity contribution in [1.82, 2.24) is 0 Å². The van der Waals surface area contributed by atoms with Crippen molar-refractivity contribution in [3.8, 4) is 0 Å². The molecule has 0 aromatic rings. The molecule has 0 fully saturated rings. The number of hydrogen-bond donors (Lipinski definition) is 0. The molecule has 1 unspecified atom stereocenters. The lowest BCUT2D eigenvalue weighted by Crippen LogP contribution is -2.09. The number of rotatable bonds is 8. The highest BCUT2D eigenvalue weighted by Crippen LogP contribution is 2.11. The molecule has 1 heteroatoms. The van der Waals surface area contributed by atoms with Gasteiger partial charge in [-0.2, -0.15) is 0 Å². The molecule has 0 aromatic carbocycles. The fraction of sp³-hybridized carbons (Fsp3) is 1.00. The Balaban J connectivity index is 3.19. The van der Waals surface area contributed by atoms with E-state index in [2.05, 4.69) is 13.8 Å². The molecule has 0 rings (SSSR count). The molecule has 0 N–H and O–H groups in total. The molecular weight excluding hydrogens is 148 g/mol. The minimum absolute atomic E-state index is 0.520. The molecule has 0 aliphatic carbocycles. The lowest BCUT2D eigenvalue weighted by molar-refractivity contribution is 0.0850. The van der Waals surface area contributed by atoms with Gasteiger partial charge in [-0.05, 0) is 12.8 Å². The van der Waals surface area contributed by atoms with Crippen LogP contribution in [-0.2, 0) is 4.74 Å². The first kappa shape index (κ1) is 12.0. The maximum absolute atomic E-state index is 5.37. The van der Waals surface area contributed by atoms with Crippen LogP contribution in [0.5, 0.6) is 0 Å². The standard InChI is InChI=1S/C11H24O/c1-4-6-7-8-10-11(12-3)9-5-2/h11H,4-10H2,1-3H3. The second-order valence-electron chi connectivity index (χ2n) is 3.50. The summed E-state index contributed by atoms with van der Waals surface area (Å²) < 4.78 is 5.37. The highest BCUT2D eigenvalue weighted by molar-refractivity contribution is 4.56. The predicted octanol–water partition coefficient (Wildman–Crippen LogP) is 3.77. The maximum atomic E-state index is 5.37. The smallest absolute Gasteiger partial charge is 0.0571 e. The van der Waals surface area contributed by atoms with E-state index in [9.17, 15) is 0 Å². The Labute approximate surface area is 77.5 Å². The van der Waals surface area contributed by atoms with Crippen LogP contribution in [0.1, 0.15) is 58.8 Å². The fourth-order valence-corrected chi connectivity index (χ4v) is 1.50. The maximum Gasteiger partial charge on any atom is 0.0571 e. The quantitative estimate of drug-likeness (QED) is 0.506. The van der Waals surface area contributed by atoms with Crippen molar-refractivity contribution in [3.05, 3.63) is 0 Å². The van der Waals surface area contributed by atoms with Gasteiger partial charge in [0.05, 0.1) is 6.10 Å². The lowest BCUT2D eigenvalue weighted by Gasteiger charge is -2.13. The Kier molecular flexibility index (Phi) is 9.02. The van der Waals surface area contributed by atoms with Crippen LogP contribution < -0.4 is 0 Å². The average Bonchev–Trinajstić information content (AvgIpc) is 2.10. The molecule has 0 heterocycles. The Bertz CT molecular complexity index is 81.1. The third-order valence-corrected chi connectivity index (χ3v) is 2.32. The second kappa shape index (κ2) is 9.05. The van der Waals surface area contributed by atoms with Gasteiger partial charge in [0.25, 0.3) is 0 Å². The molecule has 0 amide bonds. The third-order valence-electron chi connectivity index (χ3n) is 2.32. The zero-order valence-electron chi connectivity index (χ0n) is 8.94. The molecule has 0 saturated carbocycles. The first-order valence-electron chi connectivity index (χ1n) is 5.37. The topological polar surface area (TPSA) is 9.23 Å². The fourth-order valence-electron chi connectivity index (χ4n) is 1.50. The molecule has 74 valence electrons. The number of methoxy groups -OCH3 is 1. The summed E-state index contributed by atoms with van der Waals surface area (Å²) in [7, 11) is 1.83. The molecular formula is C11H24O. The van der Waals surface area contributed by atoms with Crippen LogP contribution >= 0.6 is 0 Å². The minimum Gasteiger partial charge on any atom is -0.381 e. The van der Waals surface area contributed by atoms with Gasteiger partial charge in [-0.3, -0.25) is 0 Å². The van der Waals surface area contributed by atoms with Crippen LogP contribution in [0.3, 0.4) is 0 Å². The van der Waals surface area contributed by atoms with Gasteiger partial charge < -0.3 is 4.74 Å². The molecule has 1 atom stereocenters. The van der Waals surface area contributed by atoms with E-state index in [-0.39, 0.29) is 0 Å². The Morgan fingerprint density at radius 2 is 1.67 bits per heavy atom. The molecule has 0 aliphatic heterocycles. The molecule has 0 aliphatic rings. The SMILES string of the molecule is CCCCCCC(CCC)OC. The van der Waals surface area contributed by atoms with Crippen LogP contribution in [0, 0.1) is 0 Å². The second-order valence-corrected chi connectivity index (χ2v) is 3.50. The van der Waals surface area contributed by atoms with Crippen LogP contribution in [0.25, 0.3) is 0 Å². The summed E-state index contributed by atoms with van der Waals surface area (Å²) in [6, 6.07) is 0. The number of ether oxygens (including phenoxy) is 1. The van der Waals surface area contributed by atoms with Gasteiger partial charge in [-0.1, -0.05) is 46.0 Å². The van der Waals surface area contributed by atoms with Gasteiger partial charge >= 0.3 is 0 Å². The number of unbranched alkanes of at least 4 members (excludes halogenated alkanes) is 3. The van der Waals surface area contributed by atoms with E-state index in [1.165, 1.54) is 44.9 Å². The van der Waals surface area contributed by atoms with Crippen LogP contribution in [-0.4, -0.2) is 13.2 Å². The van der Waals surface area contributed by atoms with E-state index in [1.807, 2.05) is 7.11 Å². The Hall–Kier alpha value is -0.0400. The molecule has 1 nitrogen and oxygen atoms in total. The molecule has 0 saturated heterocycles. The van der Waals surface area contributed by atoms with E-state index in [0.717, 1.165) is 0 Å². The van der Waals surface area contributed by atoms with Crippen LogP contribution in [0.2, 0.25) is 0 Å². The summed E-state index contributed by atoms with van der Waals surface area (Å²) in [6.07, 6.45) is 9.66. The van der Waals surface area contributed by atoms with Gasteiger partial charge in [0.15, 0.2) is 0 Å². The van der Waals surface area contributed by atoms with Crippen LogP contribution in [0.4, 0.5) is 0 Å². The van der Waals surface area contributed by atoms with Gasteiger partial charge in [0.2, 0.25) is 0 Å². The largest absolute Gasteiger partial charge is 0.381 e. The summed E-state index contributed by atoms with van der Waals surface area (Å²) in [4.78, 5) is 0. The number of hydrogen-bond acceptors (Lipinski definition) is 1. The first-order chi connectivity index (χ1) is 5.85. The molecule has 0 radical (unpaired) electrons. The third kappa shape index (κ3) is 6.66. The highest BCUT2D eigenvalue weighted by Gasteiger charge is 2.04. The van der Waals surface area contributed by atoms with Crippen molar-refractivity contribution in [3.63, 3.8) is 0 Å². The van der Waals surface area contributed by atoms with Crippen molar-refractivity contribution in [2.45, 2.75) is 64.9 Å². The van der Waals surface area contributed by atoms with Crippen molar-refractivity contribution in [2.75, 3.05) is 7.11 Å². The summed E-state index contributed by atoms with van der Waals surface area (Å²) >= 11 is 0. The molecule has 0 bridgehead atoms. The first-order valence-corrected chi connectivity index (χ1v) is 5.37. The highest BCUT2D eigenvalue weighted by atomic mass is 16.5. The van der Waals surface area contributed by atoms with E-state index in [1.54, 1.807) is 0 Å². The molecule has 12 heavy (non-hydrogen) atoms. The summed E-state index contributed by atoms with van der Waals surface area (Å²) in [5.41, 5.74) is 0. The summed E-state index contributed by atoms with van der Waals surface area (Å²) in [6.45, 7) is 4.47. The monoisotopic (exact) mass is 172 g/mol. The van der Waals surface area contributed by atoms with Gasteiger partial charge in [0.1, 0.15) is 0 Å². The molecule has 0 spiro atoms. The normalized spacial score (nSPS) is 13.2. The molecule has 0 aromatic heterocycles. The van der Waals surface area contributed by atoms with Gasteiger partial charge in [0, 0.05) is 7.11 Å². The van der Waals surface area contributed by atoms with Crippen molar-refractivity contribution < 1.29 is 4.74 Å². The Morgan fingerprint density at radius 3 is 2.17 bits per heavy atom. The van der Waals surface area contributed by atoms with Crippen LogP contribution in [0.15, 0.2) is 0 Å². The predicted molar refractivity (Wildman–Crippen MR) is 54.5 cm³/mol. The van der Waals surface area contributed by atoms with E-state index in [4.69, 9.17) is 4.74 Å². The van der Waals surface area contributed by atoms with Crippen molar-refractivity contribution in [2.24, 2.45) is 0 Å². The Morgan fingerprint density at radius 1 is 0.917 bits per heavy atom. The lowest BCUT2D eigenvalue weighted by atomic mass is 10.1.